The fourth-order valence-electron chi connectivity index (χ4n) is 2.47. The van der Waals surface area contributed by atoms with E-state index in [1.165, 1.54) is 0 Å². The zero-order valence-corrected chi connectivity index (χ0v) is 14.5. The maximum atomic E-state index is 12.5. The zero-order chi connectivity index (χ0) is 17.3. The molecule has 0 spiro atoms. The number of hydrogen-bond acceptors (Lipinski definition) is 3. The van der Waals surface area contributed by atoms with E-state index < -0.39 is 13.9 Å². The topological polar surface area (TPSA) is 95.9 Å². The first-order chi connectivity index (χ1) is 10.9. The first kappa shape index (κ1) is 19.8. The Labute approximate surface area is 137 Å². The molecular formula is C16H26NO5P. The van der Waals surface area contributed by atoms with Gasteiger partial charge in [0.15, 0.2) is 0 Å². The summed E-state index contributed by atoms with van der Waals surface area (Å²) in [5.41, 5.74) is 0.751. The highest BCUT2D eigenvalue weighted by Crippen LogP contribution is 2.37. The smallest absolute Gasteiger partial charge is 0.347 e. The molecule has 1 rings (SSSR count). The fourth-order valence-corrected chi connectivity index (χ4v) is 2.81. The minimum absolute atomic E-state index is 0.0914. The average Bonchev–Trinajstić information content (AvgIpc) is 2.51. The van der Waals surface area contributed by atoms with Gasteiger partial charge in [0.1, 0.15) is 0 Å². The normalized spacial score (nSPS) is 13.1. The van der Waals surface area contributed by atoms with Crippen LogP contribution in [-0.4, -0.2) is 22.3 Å². The van der Waals surface area contributed by atoms with Crippen molar-refractivity contribution in [1.29, 1.82) is 0 Å². The Balaban J connectivity index is 2.83. The van der Waals surface area contributed by atoms with Crippen LogP contribution in [0.15, 0.2) is 30.3 Å². The van der Waals surface area contributed by atoms with E-state index in [9.17, 15) is 9.36 Å². The largest absolute Gasteiger partial charge is 0.469 e. The Morgan fingerprint density at radius 3 is 2.22 bits per heavy atom. The molecule has 0 fully saturated rings. The molecule has 0 heterocycles. The monoisotopic (exact) mass is 343 g/mol. The summed E-state index contributed by atoms with van der Waals surface area (Å²) < 4.78 is 15.5. The second-order valence-electron chi connectivity index (χ2n) is 5.53. The molecule has 7 heteroatoms. The third-order valence-electron chi connectivity index (χ3n) is 3.57. The van der Waals surface area contributed by atoms with E-state index in [-0.39, 0.29) is 18.4 Å². The van der Waals surface area contributed by atoms with Crippen molar-refractivity contribution < 1.29 is 23.7 Å². The van der Waals surface area contributed by atoms with Gasteiger partial charge in [0.2, 0.25) is 5.91 Å². The molecule has 0 saturated carbocycles. The number of carbonyl (C=O) groups is 1. The Morgan fingerprint density at radius 1 is 1.17 bits per heavy atom. The molecule has 0 aliphatic heterocycles. The lowest BCUT2D eigenvalue weighted by Gasteiger charge is -2.23. The van der Waals surface area contributed by atoms with Gasteiger partial charge in [0.05, 0.1) is 12.6 Å². The highest BCUT2D eigenvalue weighted by molar-refractivity contribution is 7.46. The molecule has 1 amide bonds. The molecule has 0 bridgehead atoms. The van der Waals surface area contributed by atoms with E-state index in [1.54, 1.807) is 12.1 Å². The first-order valence-corrected chi connectivity index (χ1v) is 9.45. The van der Waals surface area contributed by atoms with E-state index in [4.69, 9.17) is 9.79 Å². The van der Waals surface area contributed by atoms with Crippen molar-refractivity contribution in [3.63, 3.8) is 0 Å². The van der Waals surface area contributed by atoms with Gasteiger partial charge < -0.3 is 15.1 Å². The molecular weight excluding hydrogens is 317 g/mol. The van der Waals surface area contributed by atoms with Crippen LogP contribution in [0.2, 0.25) is 0 Å². The molecule has 0 unspecified atom stereocenters. The summed E-state index contributed by atoms with van der Waals surface area (Å²) in [5, 5.41) is 2.87. The highest BCUT2D eigenvalue weighted by Gasteiger charge is 2.24. The number of nitrogens with one attached hydrogen (secondary N) is 1. The minimum atomic E-state index is -4.58. The molecule has 1 atom stereocenters. The van der Waals surface area contributed by atoms with Crippen molar-refractivity contribution in [2.75, 3.05) is 6.61 Å². The summed E-state index contributed by atoms with van der Waals surface area (Å²) in [6.07, 6.45) is 3.40. The third-order valence-corrected chi connectivity index (χ3v) is 4.06. The van der Waals surface area contributed by atoms with Gasteiger partial charge in [-0.05, 0) is 18.4 Å². The molecule has 0 aromatic heterocycles. The number of benzene rings is 1. The Hall–Kier alpha value is -1.20. The standard InChI is InChI=1S/C16H26NO5P/c1-3-8-14(9-4-2)16(18)17-15(12-22-23(19,20)21)13-10-6-5-7-11-13/h5-7,10-11,14-15H,3-4,8-9,12H2,1-2H3,(H,17,18)(H2,19,20,21)/t15-/m0/s1. The quantitative estimate of drug-likeness (QED) is 0.567. The van der Waals surface area contributed by atoms with Crippen LogP contribution in [0.25, 0.3) is 0 Å². The van der Waals surface area contributed by atoms with E-state index in [1.807, 2.05) is 32.0 Å². The minimum Gasteiger partial charge on any atom is -0.347 e. The maximum Gasteiger partial charge on any atom is 0.469 e. The van der Waals surface area contributed by atoms with Crippen molar-refractivity contribution in [3.05, 3.63) is 35.9 Å². The lowest BCUT2D eigenvalue weighted by molar-refractivity contribution is -0.126. The summed E-state index contributed by atoms with van der Waals surface area (Å²) in [6, 6.07) is 8.45. The van der Waals surface area contributed by atoms with Gasteiger partial charge in [0.25, 0.3) is 0 Å². The first-order valence-electron chi connectivity index (χ1n) is 7.92. The van der Waals surface area contributed by atoms with Gasteiger partial charge in [-0.2, -0.15) is 0 Å². The Kier molecular flexibility index (Phi) is 8.48. The van der Waals surface area contributed by atoms with Gasteiger partial charge in [-0.1, -0.05) is 57.0 Å². The third kappa shape index (κ3) is 7.75. The van der Waals surface area contributed by atoms with Crippen LogP contribution >= 0.6 is 7.82 Å². The Bertz CT molecular complexity index is 510. The second-order valence-corrected chi connectivity index (χ2v) is 6.77. The van der Waals surface area contributed by atoms with Crippen LogP contribution in [0.4, 0.5) is 0 Å². The number of carbonyl (C=O) groups excluding carboxylic acids is 1. The lowest BCUT2D eigenvalue weighted by atomic mass is 9.96. The summed E-state index contributed by atoms with van der Waals surface area (Å²) >= 11 is 0. The van der Waals surface area contributed by atoms with Gasteiger partial charge in [-0.15, -0.1) is 0 Å². The van der Waals surface area contributed by atoms with Gasteiger partial charge >= 0.3 is 7.82 Å². The highest BCUT2D eigenvalue weighted by atomic mass is 31.2. The van der Waals surface area contributed by atoms with Crippen LogP contribution < -0.4 is 5.32 Å². The van der Waals surface area contributed by atoms with Crippen LogP contribution in [0.5, 0.6) is 0 Å². The predicted molar refractivity (Wildman–Crippen MR) is 88.6 cm³/mol. The van der Waals surface area contributed by atoms with Crippen LogP contribution in [-0.2, 0) is 13.9 Å². The summed E-state index contributed by atoms with van der Waals surface area (Å²) in [6.45, 7) is 3.79. The molecule has 0 radical (unpaired) electrons. The number of hydrogen-bond donors (Lipinski definition) is 3. The van der Waals surface area contributed by atoms with Crippen LogP contribution in [0, 0.1) is 5.92 Å². The second kappa shape index (κ2) is 9.83. The predicted octanol–water partition coefficient (Wildman–Crippen LogP) is 3.17. The molecule has 0 saturated heterocycles. The van der Waals surface area contributed by atoms with Crippen molar-refractivity contribution in [2.45, 2.75) is 45.6 Å². The van der Waals surface area contributed by atoms with Gasteiger partial charge in [-0.3, -0.25) is 9.32 Å². The molecule has 0 aliphatic rings. The summed E-state index contributed by atoms with van der Waals surface area (Å²) in [5.74, 6) is -0.192. The van der Waals surface area contributed by atoms with Gasteiger partial charge in [-0.25, -0.2) is 4.57 Å². The van der Waals surface area contributed by atoms with Crippen LogP contribution in [0.3, 0.4) is 0 Å². The van der Waals surface area contributed by atoms with E-state index >= 15 is 0 Å². The van der Waals surface area contributed by atoms with Crippen molar-refractivity contribution in [2.24, 2.45) is 5.92 Å². The van der Waals surface area contributed by atoms with Gasteiger partial charge in [0, 0.05) is 5.92 Å². The molecule has 6 nitrogen and oxygen atoms in total. The Morgan fingerprint density at radius 2 is 1.74 bits per heavy atom. The lowest BCUT2D eigenvalue weighted by Crippen LogP contribution is -2.36. The van der Waals surface area contributed by atoms with Crippen molar-refractivity contribution in [1.82, 2.24) is 5.32 Å². The molecule has 130 valence electrons. The molecule has 23 heavy (non-hydrogen) atoms. The number of rotatable bonds is 10. The molecule has 1 aromatic rings. The average molecular weight is 343 g/mol. The molecule has 1 aromatic carbocycles. The number of amides is 1. The van der Waals surface area contributed by atoms with Crippen LogP contribution in [0.1, 0.15) is 51.1 Å². The molecule has 3 N–H and O–H groups in total. The van der Waals surface area contributed by atoms with E-state index in [2.05, 4.69) is 9.84 Å². The van der Waals surface area contributed by atoms with Crippen molar-refractivity contribution >= 4 is 13.7 Å². The zero-order valence-electron chi connectivity index (χ0n) is 13.6. The number of phosphoric ester groups is 1. The number of phosphoric acid groups is 1. The van der Waals surface area contributed by atoms with E-state index in [0.717, 1.165) is 31.2 Å². The SMILES string of the molecule is CCCC(CCC)C(=O)N[C@@H](COP(=O)(O)O)c1ccccc1. The molecule has 0 aliphatic carbocycles. The maximum absolute atomic E-state index is 12.5. The van der Waals surface area contributed by atoms with Crippen molar-refractivity contribution in [3.8, 4) is 0 Å². The fraction of sp³-hybridized carbons (Fsp3) is 0.562. The summed E-state index contributed by atoms with van der Waals surface area (Å²) in [7, 11) is -4.58. The van der Waals surface area contributed by atoms with E-state index in [0.29, 0.717) is 0 Å². The summed E-state index contributed by atoms with van der Waals surface area (Å²) in [4.78, 5) is 30.3.